The molecule has 17 heavy (non-hydrogen) atoms. The zero-order valence-electron chi connectivity index (χ0n) is 10.4. The van der Waals surface area contributed by atoms with Gasteiger partial charge in [-0.05, 0) is 32.0 Å². The van der Waals surface area contributed by atoms with Gasteiger partial charge >= 0.3 is 0 Å². The van der Waals surface area contributed by atoms with E-state index in [9.17, 15) is 4.79 Å². The molecule has 1 rings (SSSR count). The van der Waals surface area contributed by atoms with Crippen molar-refractivity contribution < 1.29 is 9.53 Å². The van der Waals surface area contributed by atoms with Crippen LogP contribution in [-0.4, -0.2) is 32.6 Å². The zero-order chi connectivity index (χ0) is 12.8. The van der Waals surface area contributed by atoms with Crippen LogP contribution in [-0.2, 0) is 4.74 Å². The predicted octanol–water partition coefficient (Wildman–Crippen LogP) is 3.12. The van der Waals surface area contributed by atoms with E-state index >= 15 is 0 Å². The maximum Gasteiger partial charge on any atom is 0.152 e. The van der Waals surface area contributed by atoms with Gasteiger partial charge in [-0.3, -0.25) is 4.79 Å². The maximum absolute atomic E-state index is 11.1. The molecule has 0 aliphatic heterocycles. The molecular formula is C13H18BrNO2. The Morgan fingerprint density at radius 2 is 2.18 bits per heavy atom. The van der Waals surface area contributed by atoms with Crippen LogP contribution in [0.5, 0.6) is 0 Å². The molecule has 0 radical (unpaired) electrons. The van der Waals surface area contributed by atoms with E-state index in [-0.39, 0.29) is 0 Å². The van der Waals surface area contributed by atoms with Gasteiger partial charge < -0.3 is 9.64 Å². The summed E-state index contributed by atoms with van der Waals surface area (Å²) in [6.45, 7) is 5.63. The SMILES string of the molecule is COCCN(c1ccc(Br)cc1C=O)C(C)C. The number of ether oxygens (including phenoxy) is 1. The molecule has 1 aromatic rings. The Morgan fingerprint density at radius 1 is 1.47 bits per heavy atom. The maximum atomic E-state index is 11.1. The molecule has 0 saturated carbocycles. The van der Waals surface area contributed by atoms with Crippen LogP contribution in [0.3, 0.4) is 0 Å². The first kappa shape index (κ1) is 14.2. The first-order valence-electron chi connectivity index (χ1n) is 5.60. The molecule has 0 fully saturated rings. The first-order valence-corrected chi connectivity index (χ1v) is 6.39. The van der Waals surface area contributed by atoms with Crippen molar-refractivity contribution >= 4 is 27.9 Å². The smallest absolute Gasteiger partial charge is 0.152 e. The molecule has 0 aliphatic carbocycles. The second kappa shape index (κ2) is 6.77. The lowest BCUT2D eigenvalue weighted by atomic mass is 10.1. The summed E-state index contributed by atoms with van der Waals surface area (Å²) < 4.78 is 6.02. The van der Waals surface area contributed by atoms with Crippen molar-refractivity contribution in [3.8, 4) is 0 Å². The van der Waals surface area contributed by atoms with E-state index in [0.717, 1.165) is 23.0 Å². The molecule has 0 aromatic heterocycles. The molecule has 0 atom stereocenters. The van der Waals surface area contributed by atoms with Crippen LogP contribution < -0.4 is 4.90 Å². The first-order chi connectivity index (χ1) is 8.10. The lowest BCUT2D eigenvalue weighted by molar-refractivity contribution is 0.112. The average molecular weight is 300 g/mol. The number of methoxy groups -OCH3 is 1. The number of benzene rings is 1. The Bertz CT molecular complexity index is 380. The van der Waals surface area contributed by atoms with E-state index in [4.69, 9.17) is 4.74 Å². The molecule has 0 unspecified atom stereocenters. The van der Waals surface area contributed by atoms with Gasteiger partial charge in [-0.25, -0.2) is 0 Å². The second-order valence-corrected chi connectivity index (χ2v) is 5.02. The summed E-state index contributed by atoms with van der Waals surface area (Å²) in [5, 5.41) is 0. The van der Waals surface area contributed by atoms with E-state index < -0.39 is 0 Å². The number of carbonyl (C=O) groups is 1. The molecule has 0 heterocycles. The summed E-state index contributed by atoms with van der Waals surface area (Å²) >= 11 is 3.37. The van der Waals surface area contributed by atoms with E-state index in [2.05, 4.69) is 34.7 Å². The third kappa shape index (κ3) is 3.82. The summed E-state index contributed by atoms with van der Waals surface area (Å²) in [7, 11) is 1.68. The largest absolute Gasteiger partial charge is 0.383 e. The van der Waals surface area contributed by atoms with Crippen LogP contribution in [0.25, 0.3) is 0 Å². The van der Waals surface area contributed by atoms with Crippen molar-refractivity contribution in [2.24, 2.45) is 0 Å². The van der Waals surface area contributed by atoms with E-state index in [1.54, 1.807) is 7.11 Å². The molecule has 0 aliphatic rings. The summed E-state index contributed by atoms with van der Waals surface area (Å²) in [5.41, 5.74) is 1.65. The third-order valence-corrected chi connectivity index (χ3v) is 3.08. The normalized spacial score (nSPS) is 10.6. The number of hydrogen-bond donors (Lipinski definition) is 0. The Kier molecular flexibility index (Phi) is 5.65. The summed E-state index contributed by atoms with van der Waals surface area (Å²) in [6.07, 6.45) is 0.891. The van der Waals surface area contributed by atoms with Crippen LogP contribution in [0, 0.1) is 0 Å². The van der Waals surface area contributed by atoms with E-state index in [1.165, 1.54) is 0 Å². The minimum absolute atomic E-state index is 0.324. The number of rotatable bonds is 6. The zero-order valence-corrected chi connectivity index (χ0v) is 12.0. The molecule has 0 amide bonds. The quantitative estimate of drug-likeness (QED) is 0.756. The van der Waals surface area contributed by atoms with Crippen LogP contribution >= 0.6 is 15.9 Å². The summed E-state index contributed by atoms with van der Waals surface area (Å²) in [4.78, 5) is 13.3. The number of halogens is 1. The van der Waals surface area contributed by atoms with Gasteiger partial charge in [-0.2, -0.15) is 0 Å². The Labute approximate surface area is 111 Å². The Balaban J connectivity index is 3.04. The van der Waals surface area contributed by atoms with Crippen LogP contribution in [0.2, 0.25) is 0 Å². The highest BCUT2D eigenvalue weighted by Crippen LogP contribution is 2.24. The lowest BCUT2D eigenvalue weighted by Gasteiger charge is -2.29. The minimum atomic E-state index is 0.324. The molecule has 0 spiro atoms. The number of nitrogens with zero attached hydrogens (tertiary/aromatic N) is 1. The van der Waals surface area contributed by atoms with Crippen molar-refractivity contribution in [1.29, 1.82) is 0 Å². The van der Waals surface area contributed by atoms with Gasteiger partial charge in [-0.15, -0.1) is 0 Å². The van der Waals surface area contributed by atoms with Gasteiger partial charge in [-0.1, -0.05) is 15.9 Å². The molecule has 94 valence electrons. The molecule has 3 nitrogen and oxygen atoms in total. The Hall–Kier alpha value is -0.870. The number of anilines is 1. The standard InChI is InChI=1S/C13H18BrNO2/c1-10(2)15(6-7-17-3)13-5-4-12(14)8-11(13)9-16/h4-5,8-10H,6-7H2,1-3H3. The second-order valence-electron chi connectivity index (χ2n) is 4.10. The van der Waals surface area contributed by atoms with Crippen molar-refractivity contribution in [3.05, 3.63) is 28.2 Å². The summed E-state index contributed by atoms with van der Waals surface area (Å²) in [5.74, 6) is 0. The topological polar surface area (TPSA) is 29.5 Å². The van der Waals surface area contributed by atoms with Gasteiger partial charge in [0.15, 0.2) is 6.29 Å². The highest BCUT2D eigenvalue weighted by molar-refractivity contribution is 9.10. The van der Waals surface area contributed by atoms with Crippen molar-refractivity contribution in [1.82, 2.24) is 0 Å². The minimum Gasteiger partial charge on any atom is -0.383 e. The van der Waals surface area contributed by atoms with Gasteiger partial charge in [0.25, 0.3) is 0 Å². The number of hydrogen-bond acceptors (Lipinski definition) is 3. The summed E-state index contributed by atoms with van der Waals surface area (Å²) in [6, 6.07) is 6.07. The monoisotopic (exact) mass is 299 g/mol. The fraction of sp³-hybridized carbons (Fsp3) is 0.462. The van der Waals surface area contributed by atoms with Crippen LogP contribution in [0.15, 0.2) is 22.7 Å². The predicted molar refractivity (Wildman–Crippen MR) is 73.9 cm³/mol. The van der Waals surface area contributed by atoms with E-state index in [0.29, 0.717) is 18.2 Å². The van der Waals surface area contributed by atoms with E-state index in [1.807, 2.05) is 18.2 Å². The van der Waals surface area contributed by atoms with Crippen molar-refractivity contribution in [3.63, 3.8) is 0 Å². The highest BCUT2D eigenvalue weighted by atomic mass is 79.9. The van der Waals surface area contributed by atoms with Gasteiger partial charge in [0.1, 0.15) is 0 Å². The molecular weight excluding hydrogens is 282 g/mol. The van der Waals surface area contributed by atoms with Crippen molar-refractivity contribution in [2.75, 3.05) is 25.2 Å². The molecule has 1 aromatic carbocycles. The fourth-order valence-corrected chi connectivity index (χ4v) is 2.11. The molecule has 4 heteroatoms. The third-order valence-electron chi connectivity index (χ3n) is 2.59. The lowest BCUT2D eigenvalue weighted by Crippen LogP contribution is -2.34. The van der Waals surface area contributed by atoms with Gasteiger partial charge in [0, 0.05) is 35.4 Å². The molecule has 0 N–H and O–H groups in total. The van der Waals surface area contributed by atoms with Crippen LogP contribution in [0.4, 0.5) is 5.69 Å². The van der Waals surface area contributed by atoms with Crippen molar-refractivity contribution in [2.45, 2.75) is 19.9 Å². The average Bonchev–Trinajstić information content (AvgIpc) is 2.30. The van der Waals surface area contributed by atoms with Gasteiger partial charge in [0.2, 0.25) is 0 Å². The molecule has 0 saturated heterocycles. The van der Waals surface area contributed by atoms with Crippen LogP contribution in [0.1, 0.15) is 24.2 Å². The van der Waals surface area contributed by atoms with Gasteiger partial charge in [0.05, 0.1) is 6.61 Å². The molecule has 0 bridgehead atoms. The number of carbonyl (C=O) groups excluding carboxylic acids is 1. The fourth-order valence-electron chi connectivity index (χ4n) is 1.73. The number of aldehydes is 1. The highest BCUT2D eigenvalue weighted by Gasteiger charge is 2.14. The Morgan fingerprint density at radius 3 is 2.71 bits per heavy atom.